The van der Waals surface area contributed by atoms with Gasteiger partial charge < -0.3 is 0 Å². The predicted molar refractivity (Wildman–Crippen MR) is 115 cm³/mol. The fourth-order valence-corrected chi connectivity index (χ4v) is 5.18. The van der Waals surface area contributed by atoms with Gasteiger partial charge in [-0.15, -0.1) is 10.2 Å². The maximum atomic E-state index is 11.1. The first kappa shape index (κ1) is 20.1. The van der Waals surface area contributed by atoms with Gasteiger partial charge in [0.15, 0.2) is 5.82 Å². The predicted octanol–water partition coefficient (Wildman–Crippen LogP) is 5.40. The van der Waals surface area contributed by atoms with Crippen molar-refractivity contribution in [1.82, 2.24) is 14.9 Å². The summed E-state index contributed by atoms with van der Waals surface area (Å²) >= 11 is 1.59. The number of benzene rings is 1. The van der Waals surface area contributed by atoms with Crippen molar-refractivity contribution in [2.24, 2.45) is 11.0 Å². The van der Waals surface area contributed by atoms with Gasteiger partial charge in [0.1, 0.15) is 0 Å². The summed E-state index contributed by atoms with van der Waals surface area (Å²) in [4.78, 5) is 10.7. The molecule has 0 unspecified atom stereocenters. The van der Waals surface area contributed by atoms with Gasteiger partial charge >= 0.3 is 0 Å². The quantitative estimate of drug-likeness (QED) is 0.345. The van der Waals surface area contributed by atoms with Crippen LogP contribution in [-0.2, 0) is 0 Å². The number of thioether (sulfide) groups is 1. The summed E-state index contributed by atoms with van der Waals surface area (Å²) in [7, 11) is 0. The molecule has 2 heterocycles. The third-order valence-corrected chi connectivity index (χ3v) is 6.94. The lowest BCUT2D eigenvalue weighted by molar-refractivity contribution is -0.384. The van der Waals surface area contributed by atoms with Crippen LogP contribution in [0.3, 0.4) is 0 Å². The number of nitro benzene ring substituents is 1. The Bertz CT molecular complexity index is 902. The van der Waals surface area contributed by atoms with E-state index in [9.17, 15) is 10.1 Å². The molecule has 0 atom stereocenters. The maximum absolute atomic E-state index is 11.1. The van der Waals surface area contributed by atoms with Gasteiger partial charge in [-0.3, -0.25) is 10.1 Å². The minimum absolute atomic E-state index is 0.0892. The number of nitro groups is 1. The summed E-state index contributed by atoms with van der Waals surface area (Å²) in [6.07, 6.45) is 10.1. The molecular formula is C21H27N5O2S. The van der Waals surface area contributed by atoms with Gasteiger partial charge in [-0.1, -0.05) is 56.5 Å². The van der Waals surface area contributed by atoms with E-state index in [2.05, 4.69) is 17.1 Å². The number of hydrogen-bond acceptors (Lipinski definition) is 6. The summed E-state index contributed by atoms with van der Waals surface area (Å²) in [6, 6.07) is 6.69. The highest BCUT2D eigenvalue weighted by Gasteiger charge is 2.29. The third kappa shape index (κ3) is 4.52. The fourth-order valence-electron chi connectivity index (χ4n) is 4.33. The van der Waals surface area contributed by atoms with Crippen LogP contribution in [0.4, 0.5) is 5.69 Å². The molecule has 1 aromatic carbocycles. The molecule has 4 rings (SSSR count). The second-order valence-electron chi connectivity index (χ2n) is 8.01. The Morgan fingerprint density at radius 3 is 2.79 bits per heavy atom. The Balaban J connectivity index is 1.49. The van der Waals surface area contributed by atoms with Crippen LogP contribution < -0.4 is 0 Å². The van der Waals surface area contributed by atoms with E-state index >= 15 is 0 Å². The SMILES string of the molecule is CCCCCC1CCC(c2nnc3n2N=C(c2cccc([N+](=O)[O-])c2)CS3)CC1. The van der Waals surface area contributed by atoms with E-state index < -0.39 is 0 Å². The van der Waals surface area contributed by atoms with Crippen LogP contribution in [0.5, 0.6) is 0 Å². The molecule has 0 bridgehead atoms. The average molecular weight is 414 g/mol. The van der Waals surface area contributed by atoms with Crippen LogP contribution in [0.2, 0.25) is 0 Å². The molecule has 154 valence electrons. The Hall–Kier alpha value is -2.22. The largest absolute Gasteiger partial charge is 0.270 e. The Morgan fingerprint density at radius 2 is 2.03 bits per heavy atom. The van der Waals surface area contributed by atoms with Crippen LogP contribution in [-0.4, -0.2) is 31.3 Å². The molecule has 1 fully saturated rings. The molecule has 2 aromatic rings. The van der Waals surface area contributed by atoms with Crippen LogP contribution in [0, 0.1) is 16.0 Å². The normalized spacial score (nSPS) is 21.5. The Morgan fingerprint density at radius 1 is 1.21 bits per heavy atom. The zero-order valence-corrected chi connectivity index (χ0v) is 17.6. The van der Waals surface area contributed by atoms with E-state index in [1.54, 1.807) is 23.9 Å². The van der Waals surface area contributed by atoms with E-state index in [1.165, 1.54) is 44.6 Å². The highest BCUT2D eigenvalue weighted by atomic mass is 32.2. The van der Waals surface area contributed by atoms with Crippen molar-refractivity contribution in [3.63, 3.8) is 0 Å². The first-order chi connectivity index (χ1) is 14.2. The van der Waals surface area contributed by atoms with Gasteiger partial charge in [-0.25, -0.2) is 0 Å². The number of unbranched alkanes of at least 4 members (excludes halogenated alkanes) is 2. The van der Waals surface area contributed by atoms with E-state index in [4.69, 9.17) is 5.10 Å². The third-order valence-electron chi connectivity index (χ3n) is 6.01. The lowest BCUT2D eigenvalue weighted by Crippen LogP contribution is -2.19. The highest BCUT2D eigenvalue weighted by Crippen LogP contribution is 2.38. The van der Waals surface area contributed by atoms with Gasteiger partial charge in [0.2, 0.25) is 5.16 Å². The van der Waals surface area contributed by atoms with Crippen molar-refractivity contribution in [2.45, 2.75) is 69.4 Å². The zero-order valence-electron chi connectivity index (χ0n) is 16.8. The van der Waals surface area contributed by atoms with E-state index in [-0.39, 0.29) is 10.6 Å². The molecule has 0 spiro atoms. The topological polar surface area (TPSA) is 86.2 Å². The van der Waals surface area contributed by atoms with Crippen molar-refractivity contribution in [2.75, 3.05) is 5.75 Å². The summed E-state index contributed by atoms with van der Waals surface area (Å²) in [6.45, 7) is 2.26. The van der Waals surface area contributed by atoms with Gasteiger partial charge in [0, 0.05) is 29.4 Å². The summed E-state index contributed by atoms with van der Waals surface area (Å²) < 4.78 is 1.88. The van der Waals surface area contributed by atoms with Crippen LogP contribution >= 0.6 is 11.8 Å². The number of hydrogen-bond donors (Lipinski definition) is 0. The van der Waals surface area contributed by atoms with Gasteiger partial charge in [0.25, 0.3) is 5.69 Å². The molecule has 1 aliphatic heterocycles. The molecule has 0 saturated heterocycles. The van der Waals surface area contributed by atoms with Crippen LogP contribution in [0.1, 0.15) is 75.6 Å². The van der Waals surface area contributed by atoms with Crippen molar-refractivity contribution < 1.29 is 4.92 Å². The summed E-state index contributed by atoms with van der Waals surface area (Å²) in [5.41, 5.74) is 1.71. The average Bonchev–Trinajstić information content (AvgIpc) is 3.18. The van der Waals surface area contributed by atoms with Crippen LogP contribution in [0.25, 0.3) is 0 Å². The van der Waals surface area contributed by atoms with Crippen molar-refractivity contribution >= 4 is 23.2 Å². The van der Waals surface area contributed by atoms with E-state index in [0.717, 1.165) is 41.0 Å². The molecule has 7 nitrogen and oxygen atoms in total. The summed E-state index contributed by atoms with van der Waals surface area (Å²) in [5.74, 6) is 2.83. The lowest BCUT2D eigenvalue weighted by atomic mass is 9.79. The first-order valence-electron chi connectivity index (χ1n) is 10.6. The zero-order chi connectivity index (χ0) is 20.2. The van der Waals surface area contributed by atoms with Crippen molar-refractivity contribution in [3.8, 4) is 0 Å². The smallest absolute Gasteiger partial charge is 0.258 e. The van der Waals surface area contributed by atoms with Gasteiger partial charge in [0.05, 0.1) is 10.6 Å². The standard InChI is InChI=1S/C21H27N5O2S/c1-2-3-4-6-15-9-11-16(12-10-15)20-22-23-21-25(20)24-19(14-29-21)17-7-5-8-18(13-17)26(27)28/h5,7-8,13,15-16H,2-4,6,9-12,14H2,1H3. The first-order valence-corrected chi connectivity index (χ1v) is 11.5. The monoisotopic (exact) mass is 413 g/mol. The van der Waals surface area contributed by atoms with Gasteiger partial charge in [-0.2, -0.15) is 9.78 Å². The number of fused-ring (bicyclic) bond motifs is 1. The second kappa shape index (κ2) is 9.07. The number of aromatic nitrogens is 3. The summed E-state index contributed by atoms with van der Waals surface area (Å²) in [5, 5.41) is 25.5. The van der Waals surface area contributed by atoms with E-state index in [1.807, 2.05) is 10.7 Å². The molecule has 0 amide bonds. The Labute approximate surface area is 175 Å². The minimum Gasteiger partial charge on any atom is -0.258 e. The minimum atomic E-state index is -0.366. The molecular weight excluding hydrogens is 386 g/mol. The molecule has 29 heavy (non-hydrogen) atoms. The molecule has 0 radical (unpaired) electrons. The number of non-ortho nitro benzene ring substituents is 1. The molecule has 8 heteroatoms. The molecule has 1 aliphatic carbocycles. The highest BCUT2D eigenvalue weighted by molar-refractivity contribution is 7.99. The number of nitrogens with zero attached hydrogens (tertiary/aromatic N) is 5. The van der Waals surface area contributed by atoms with Crippen molar-refractivity contribution in [3.05, 3.63) is 45.8 Å². The molecule has 0 N–H and O–H groups in total. The van der Waals surface area contributed by atoms with E-state index in [0.29, 0.717) is 11.7 Å². The number of rotatable bonds is 7. The van der Waals surface area contributed by atoms with Crippen LogP contribution in [0.15, 0.2) is 34.5 Å². The molecule has 1 aromatic heterocycles. The Kier molecular flexibility index (Phi) is 6.28. The molecule has 1 saturated carbocycles. The maximum Gasteiger partial charge on any atom is 0.270 e. The molecule has 2 aliphatic rings. The fraction of sp³-hybridized carbons (Fsp3) is 0.571. The van der Waals surface area contributed by atoms with Crippen molar-refractivity contribution in [1.29, 1.82) is 0 Å². The lowest BCUT2D eigenvalue weighted by Gasteiger charge is -2.28. The second-order valence-corrected chi connectivity index (χ2v) is 8.95. The van der Waals surface area contributed by atoms with Gasteiger partial charge in [-0.05, 0) is 31.6 Å².